The van der Waals surface area contributed by atoms with E-state index in [9.17, 15) is 4.79 Å². The molecule has 4 aliphatic carbocycles. The van der Waals surface area contributed by atoms with Crippen molar-refractivity contribution >= 4 is 5.97 Å². The van der Waals surface area contributed by atoms with Gasteiger partial charge in [-0.25, -0.2) is 4.79 Å². The molecule has 224 valence electrons. The first-order valence-corrected chi connectivity index (χ1v) is 15.3. The van der Waals surface area contributed by atoms with Crippen molar-refractivity contribution in [3.63, 3.8) is 0 Å². The number of hydrogen-bond donors (Lipinski definition) is 0. The van der Waals surface area contributed by atoms with E-state index < -0.39 is 0 Å². The number of rotatable bonds is 8. The lowest BCUT2D eigenvalue weighted by molar-refractivity contribution is -0.279. The number of carbonyl (C=O) groups is 1. The van der Waals surface area contributed by atoms with Crippen molar-refractivity contribution in [2.45, 2.75) is 70.2 Å². The van der Waals surface area contributed by atoms with E-state index in [0.717, 1.165) is 38.8 Å². The lowest BCUT2D eigenvalue weighted by atomic mass is 9.38. The molecule has 41 heavy (non-hydrogen) atoms. The van der Waals surface area contributed by atoms with Gasteiger partial charge in [-0.2, -0.15) is 0 Å². The molecular weight excluding hydrogens is 522 g/mol. The first-order valence-electron chi connectivity index (χ1n) is 15.3. The predicted octanol–water partition coefficient (Wildman–Crippen LogP) is 4.33. The number of benzene rings is 1. The van der Waals surface area contributed by atoms with Crippen LogP contribution in [0, 0.1) is 34.0 Å². The molecule has 7 rings (SSSR count). The number of nitrogens with zero attached hydrogens (tertiary/aromatic N) is 1. The van der Waals surface area contributed by atoms with Crippen LogP contribution >= 0.6 is 0 Å². The summed E-state index contributed by atoms with van der Waals surface area (Å²) in [5.74, 6) is 0.872. The molecule has 0 spiro atoms. The number of carbonyl (C=O) groups excluding carboxylic acids is 1. The third-order valence-corrected chi connectivity index (χ3v) is 12.5. The summed E-state index contributed by atoms with van der Waals surface area (Å²) in [6, 6.07) is 7.19. The van der Waals surface area contributed by atoms with Crippen LogP contribution in [0.1, 0.15) is 49.9 Å². The Morgan fingerprint density at radius 3 is 2.56 bits per heavy atom. The molecule has 1 aromatic rings. The highest BCUT2D eigenvalue weighted by atomic mass is 16.6. The second-order valence-corrected chi connectivity index (χ2v) is 13.4. The van der Waals surface area contributed by atoms with Crippen LogP contribution in [-0.4, -0.2) is 89.6 Å². The fourth-order valence-corrected chi connectivity index (χ4v) is 10.9. The molecule has 0 radical (unpaired) electrons. The predicted molar refractivity (Wildman–Crippen MR) is 152 cm³/mol. The molecule has 2 saturated heterocycles. The molecule has 3 saturated carbocycles. The van der Waals surface area contributed by atoms with Gasteiger partial charge in [0.15, 0.2) is 0 Å². The van der Waals surface area contributed by atoms with Crippen molar-refractivity contribution in [2.24, 2.45) is 34.0 Å². The number of piperidine rings is 1. The highest BCUT2D eigenvalue weighted by Gasteiger charge is 2.83. The molecule has 0 amide bonds. The van der Waals surface area contributed by atoms with Crippen molar-refractivity contribution in [1.29, 1.82) is 0 Å². The fraction of sp³-hybridized carbons (Fsp3) is 0.727. The van der Waals surface area contributed by atoms with E-state index in [1.807, 2.05) is 26.4 Å². The Kier molecular flexibility index (Phi) is 6.64. The van der Waals surface area contributed by atoms with E-state index in [1.165, 1.54) is 5.57 Å². The molecule has 8 heteroatoms. The smallest absolute Gasteiger partial charge is 0.338 e. The van der Waals surface area contributed by atoms with Gasteiger partial charge in [-0.05, 0) is 62.4 Å². The lowest BCUT2D eigenvalue weighted by Crippen LogP contribution is -2.75. The van der Waals surface area contributed by atoms with Crippen molar-refractivity contribution in [1.82, 2.24) is 4.90 Å². The Labute approximate surface area is 243 Å². The van der Waals surface area contributed by atoms with Crippen molar-refractivity contribution in [2.75, 3.05) is 48.1 Å². The van der Waals surface area contributed by atoms with Crippen LogP contribution in [0.15, 0.2) is 35.9 Å². The largest absolute Gasteiger partial charge is 0.497 e. The lowest BCUT2D eigenvalue weighted by Gasteiger charge is -2.69. The maximum Gasteiger partial charge on any atom is 0.338 e. The highest BCUT2D eigenvalue weighted by molar-refractivity contribution is 5.89. The molecule has 6 aliphatic rings. The average molecular weight is 568 g/mol. The molecule has 11 atom stereocenters. The zero-order valence-corrected chi connectivity index (χ0v) is 25.3. The van der Waals surface area contributed by atoms with E-state index in [4.69, 9.17) is 28.4 Å². The number of fused-ring (bicyclic) bond motifs is 1. The summed E-state index contributed by atoms with van der Waals surface area (Å²) in [6.45, 7) is 7.29. The topological polar surface area (TPSA) is 75.7 Å². The summed E-state index contributed by atoms with van der Waals surface area (Å²) < 4.78 is 37.7. The Hall–Kier alpha value is -1.97. The van der Waals surface area contributed by atoms with Crippen LogP contribution in [0.2, 0.25) is 0 Å². The van der Waals surface area contributed by atoms with Gasteiger partial charge in [0.25, 0.3) is 0 Å². The first kappa shape index (κ1) is 27.8. The van der Waals surface area contributed by atoms with Crippen molar-refractivity contribution in [3.8, 4) is 5.75 Å². The van der Waals surface area contributed by atoms with Crippen LogP contribution in [-0.2, 0) is 23.7 Å². The van der Waals surface area contributed by atoms with E-state index in [2.05, 4.69) is 24.8 Å². The number of methoxy groups -OCH3 is 4. The Bertz CT molecular complexity index is 1220. The molecule has 0 N–H and O–H groups in total. The Morgan fingerprint density at radius 2 is 1.90 bits per heavy atom. The van der Waals surface area contributed by atoms with Gasteiger partial charge in [-0.1, -0.05) is 25.5 Å². The maximum absolute atomic E-state index is 13.6. The number of esters is 1. The van der Waals surface area contributed by atoms with Crippen molar-refractivity contribution in [3.05, 3.63) is 41.5 Å². The standard InChI is InChI=1S/C33H45NO7/c1-7-34-17-32(18-36-3)13-12-25(39-6)33-23-16-22-24(38-5)14-20(15-26(31(32,33)2)40-30(33)34)27(23)28(22)41-29(35)19-8-10-21(37-4)11-9-19/h8-11,15,22-28,30H,7,12-14,16-18H2,1-6H3/t22?,23?,24-,25?,26?,27?,28-,30?,31+,32-,33?/m0/s1. The third-order valence-electron chi connectivity index (χ3n) is 12.5. The summed E-state index contributed by atoms with van der Waals surface area (Å²) in [4.78, 5) is 16.2. The molecule has 2 heterocycles. The zero-order chi connectivity index (χ0) is 28.7. The Morgan fingerprint density at radius 1 is 1.12 bits per heavy atom. The van der Waals surface area contributed by atoms with E-state index >= 15 is 0 Å². The van der Waals surface area contributed by atoms with Gasteiger partial charge in [-0.3, -0.25) is 4.90 Å². The van der Waals surface area contributed by atoms with E-state index in [0.29, 0.717) is 17.9 Å². The zero-order valence-electron chi connectivity index (χ0n) is 25.3. The Balaban J connectivity index is 1.37. The minimum atomic E-state index is -0.287. The molecule has 2 aliphatic heterocycles. The second kappa shape index (κ2) is 9.78. The molecule has 5 fully saturated rings. The SMILES string of the molecule is CCN1C[C@]2(COC)CCC(OC)C34C5CC6[C@H](OC(=O)c7ccc(OC)cc7)C5C(=CC(OC13)[C@@]42C)C[C@@H]6OC. The molecule has 7 bridgehead atoms. The van der Waals surface area contributed by atoms with Crippen LogP contribution in [0.4, 0.5) is 0 Å². The summed E-state index contributed by atoms with van der Waals surface area (Å²) >= 11 is 0. The monoisotopic (exact) mass is 567 g/mol. The molecule has 0 aromatic heterocycles. The summed E-state index contributed by atoms with van der Waals surface area (Å²) in [5.41, 5.74) is 1.34. The quantitative estimate of drug-likeness (QED) is 0.340. The van der Waals surface area contributed by atoms with Gasteiger partial charge < -0.3 is 28.4 Å². The molecule has 8 nitrogen and oxygen atoms in total. The van der Waals surface area contributed by atoms with Gasteiger partial charge in [-0.15, -0.1) is 0 Å². The molecular formula is C33H45NO7. The molecule has 7 unspecified atom stereocenters. The van der Waals surface area contributed by atoms with Crippen LogP contribution in [0.3, 0.4) is 0 Å². The van der Waals surface area contributed by atoms with Crippen LogP contribution in [0.5, 0.6) is 5.75 Å². The molecule has 1 aromatic carbocycles. The third kappa shape index (κ3) is 3.37. The summed E-state index contributed by atoms with van der Waals surface area (Å²) in [6.07, 6.45) is 5.86. The van der Waals surface area contributed by atoms with E-state index in [1.54, 1.807) is 26.4 Å². The van der Waals surface area contributed by atoms with Gasteiger partial charge in [0.1, 0.15) is 18.1 Å². The number of ether oxygens (including phenoxy) is 6. The van der Waals surface area contributed by atoms with Crippen LogP contribution in [0.25, 0.3) is 0 Å². The minimum Gasteiger partial charge on any atom is -0.497 e. The highest BCUT2D eigenvalue weighted by Crippen LogP contribution is 2.79. The summed E-state index contributed by atoms with van der Waals surface area (Å²) in [7, 11) is 7.14. The number of likely N-dealkylation sites (tertiary alicyclic amines) is 1. The fourth-order valence-electron chi connectivity index (χ4n) is 10.9. The average Bonchev–Trinajstić information content (AvgIpc) is 3.32. The maximum atomic E-state index is 13.6. The van der Waals surface area contributed by atoms with E-state index in [-0.39, 0.29) is 70.6 Å². The van der Waals surface area contributed by atoms with Gasteiger partial charge >= 0.3 is 5.97 Å². The first-order chi connectivity index (χ1) is 19.8. The summed E-state index contributed by atoms with van der Waals surface area (Å²) in [5, 5.41) is 0. The van der Waals surface area contributed by atoms with Crippen molar-refractivity contribution < 1.29 is 33.2 Å². The second-order valence-electron chi connectivity index (χ2n) is 13.4. The minimum absolute atomic E-state index is 0.00619. The van der Waals surface area contributed by atoms with Gasteiger partial charge in [0, 0.05) is 56.0 Å². The number of hydrogen-bond acceptors (Lipinski definition) is 8. The van der Waals surface area contributed by atoms with Crippen LogP contribution < -0.4 is 4.74 Å². The van der Waals surface area contributed by atoms with Gasteiger partial charge in [0.05, 0.1) is 37.6 Å². The normalized spacial score (nSPS) is 45.7. The van der Waals surface area contributed by atoms with Gasteiger partial charge in [0.2, 0.25) is 0 Å².